The second kappa shape index (κ2) is 7.23. The number of nitrogens with zero attached hydrogens (tertiary/aromatic N) is 1. The lowest BCUT2D eigenvalue weighted by atomic mass is 10.1. The van der Waals surface area contributed by atoms with Gasteiger partial charge >= 0.3 is 0 Å². The fourth-order valence-electron chi connectivity index (χ4n) is 1.83. The molecular formula is C15H18N4O2. The number of nitrogens with one attached hydrogen (secondary N) is 3. The Hall–Kier alpha value is -2.63. The third-order valence-corrected chi connectivity index (χ3v) is 2.99. The van der Waals surface area contributed by atoms with E-state index in [1.807, 2.05) is 12.1 Å². The van der Waals surface area contributed by atoms with Crippen molar-refractivity contribution in [3.05, 3.63) is 53.6 Å². The van der Waals surface area contributed by atoms with Crippen molar-refractivity contribution in [2.24, 2.45) is 0 Å². The van der Waals surface area contributed by atoms with Gasteiger partial charge in [-0.1, -0.05) is 12.1 Å². The first kappa shape index (κ1) is 14.8. The van der Waals surface area contributed by atoms with Gasteiger partial charge in [-0.25, -0.2) is 4.98 Å². The van der Waals surface area contributed by atoms with Gasteiger partial charge in [0.05, 0.1) is 6.33 Å². The first-order valence-corrected chi connectivity index (χ1v) is 6.74. The zero-order valence-corrected chi connectivity index (χ0v) is 11.8. The van der Waals surface area contributed by atoms with E-state index in [-0.39, 0.29) is 11.8 Å². The van der Waals surface area contributed by atoms with Crippen molar-refractivity contribution < 1.29 is 9.59 Å². The number of benzene rings is 1. The van der Waals surface area contributed by atoms with E-state index in [0.29, 0.717) is 25.1 Å². The summed E-state index contributed by atoms with van der Waals surface area (Å²) < 4.78 is 0. The van der Waals surface area contributed by atoms with Crippen LogP contribution in [0.1, 0.15) is 28.5 Å². The largest absolute Gasteiger partial charge is 0.352 e. The summed E-state index contributed by atoms with van der Waals surface area (Å²) in [6.45, 7) is 2.49. The van der Waals surface area contributed by atoms with Gasteiger partial charge in [0.25, 0.3) is 5.91 Å². The molecule has 2 aromatic rings. The number of hydrogen-bond donors (Lipinski definition) is 3. The van der Waals surface area contributed by atoms with Crippen LogP contribution in [0.2, 0.25) is 0 Å². The molecule has 1 aromatic carbocycles. The summed E-state index contributed by atoms with van der Waals surface area (Å²) >= 11 is 0. The van der Waals surface area contributed by atoms with Crippen molar-refractivity contribution in [1.29, 1.82) is 0 Å². The Morgan fingerprint density at radius 3 is 2.57 bits per heavy atom. The van der Waals surface area contributed by atoms with Crippen molar-refractivity contribution in [2.75, 3.05) is 6.54 Å². The summed E-state index contributed by atoms with van der Waals surface area (Å²) in [4.78, 5) is 29.7. The minimum atomic E-state index is -0.111. The van der Waals surface area contributed by atoms with Crippen LogP contribution in [0, 0.1) is 0 Å². The van der Waals surface area contributed by atoms with E-state index in [0.717, 1.165) is 11.3 Å². The Balaban J connectivity index is 1.80. The minimum Gasteiger partial charge on any atom is -0.352 e. The molecule has 2 amide bonds. The molecule has 6 nitrogen and oxygen atoms in total. The first-order chi connectivity index (χ1) is 10.1. The van der Waals surface area contributed by atoms with Gasteiger partial charge in [-0.05, 0) is 17.7 Å². The number of imidazole rings is 1. The third-order valence-electron chi connectivity index (χ3n) is 2.99. The van der Waals surface area contributed by atoms with Gasteiger partial charge in [-0.15, -0.1) is 0 Å². The van der Waals surface area contributed by atoms with E-state index >= 15 is 0 Å². The average Bonchev–Trinajstić information content (AvgIpc) is 2.99. The topological polar surface area (TPSA) is 86.9 Å². The monoisotopic (exact) mass is 286 g/mol. The SMILES string of the molecule is CC(=O)NCc1ccc(C(=O)NCCc2cnc[nH]2)cc1. The normalized spacial score (nSPS) is 10.1. The maximum absolute atomic E-state index is 11.9. The molecule has 1 heterocycles. The first-order valence-electron chi connectivity index (χ1n) is 6.74. The molecule has 0 aliphatic rings. The minimum absolute atomic E-state index is 0.0735. The Morgan fingerprint density at radius 1 is 1.19 bits per heavy atom. The number of aromatic amines is 1. The number of aromatic nitrogens is 2. The quantitative estimate of drug-likeness (QED) is 0.741. The molecule has 3 N–H and O–H groups in total. The van der Waals surface area contributed by atoms with Gasteiger partial charge in [-0.3, -0.25) is 9.59 Å². The van der Waals surface area contributed by atoms with Crippen molar-refractivity contribution >= 4 is 11.8 Å². The number of carbonyl (C=O) groups is 2. The van der Waals surface area contributed by atoms with Crippen LogP contribution in [0.4, 0.5) is 0 Å². The van der Waals surface area contributed by atoms with Crippen LogP contribution < -0.4 is 10.6 Å². The standard InChI is InChI=1S/C15H18N4O2/c1-11(20)18-8-12-2-4-13(5-3-12)15(21)17-7-6-14-9-16-10-19-14/h2-5,9-10H,6-8H2,1H3,(H,16,19)(H,17,21)(H,18,20). The van der Waals surface area contributed by atoms with Crippen LogP contribution in [-0.2, 0) is 17.8 Å². The molecule has 110 valence electrons. The number of hydrogen-bond acceptors (Lipinski definition) is 3. The maximum Gasteiger partial charge on any atom is 0.251 e. The summed E-state index contributed by atoms with van der Waals surface area (Å²) in [5.74, 6) is -0.184. The number of rotatable bonds is 6. The molecule has 0 saturated heterocycles. The molecule has 0 radical (unpaired) electrons. The predicted molar refractivity (Wildman–Crippen MR) is 78.6 cm³/mol. The summed E-state index contributed by atoms with van der Waals surface area (Å²) in [5, 5.41) is 5.56. The lowest BCUT2D eigenvalue weighted by Gasteiger charge is -2.06. The van der Waals surface area contributed by atoms with Crippen molar-refractivity contribution in [1.82, 2.24) is 20.6 Å². The molecule has 0 unspecified atom stereocenters. The highest BCUT2D eigenvalue weighted by Gasteiger charge is 2.05. The number of amides is 2. The van der Waals surface area contributed by atoms with Crippen molar-refractivity contribution in [2.45, 2.75) is 19.9 Å². The molecule has 0 aliphatic heterocycles. The highest BCUT2D eigenvalue weighted by molar-refractivity contribution is 5.94. The maximum atomic E-state index is 11.9. The summed E-state index contributed by atoms with van der Waals surface area (Å²) in [7, 11) is 0. The van der Waals surface area contributed by atoms with E-state index in [2.05, 4.69) is 20.6 Å². The fraction of sp³-hybridized carbons (Fsp3) is 0.267. The summed E-state index contributed by atoms with van der Waals surface area (Å²) in [6.07, 6.45) is 4.07. The van der Waals surface area contributed by atoms with E-state index < -0.39 is 0 Å². The average molecular weight is 286 g/mol. The van der Waals surface area contributed by atoms with E-state index in [4.69, 9.17) is 0 Å². The van der Waals surface area contributed by atoms with Gasteiger partial charge in [0.2, 0.25) is 5.91 Å². The van der Waals surface area contributed by atoms with Crippen LogP contribution in [0.5, 0.6) is 0 Å². The smallest absolute Gasteiger partial charge is 0.251 e. The number of carbonyl (C=O) groups excluding carboxylic acids is 2. The zero-order valence-electron chi connectivity index (χ0n) is 11.8. The van der Waals surface area contributed by atoms with E-state index in [1.165, 1.54) is 6.92 Å². The van der Waals surface area contributed by atoms with Gasteiger partial charge in [0.15, 0.2) is 0 Å². The molecule has 0 aliphatic carbocycles. The summed E-state index contributed by atoms with van der Waals surface area (Å²) in [5.41, 5.74) is 2.55. The van der Waals surface area contributed by atoms with Gasteiger partial charge in [-0.2, -0.15) is 0 Å². The van der Waals surface area contributed by atoms with Gasteiger partial charge < -0.3 is 15.6 Å². The van der Waals surface area contributed by atoms with Crippen molar-refractivity contribution in [3.8, 4) is 0 Å². The highest BCUT2D eigenvalue weighted by Crippen LogP contribution is 2.04. The molecule has 6 heteroatoms. The lowest BCUT2D eigenvalue weighted by Crippen LogP contribution is -2.25. The van der Waals surface area contributed by atoms with E-state index in [1.54, 1.807) is 24.7 Å². The summed E-state index contributed by atoms with van der Waals surface area (Å²) in [6, 6.07) is 7.17. The van der Waals surface area contributed by atoms with E-state index in [9.17, 15) is 9.59 Å². The van der Waals surface area contributed by atoms with Gasteiger partial charge in [0, 0.05) is 43.9 Å². The molecule has 1 aromatic heterocycles. The van der Waals surface area contributed by atoms with Gasteiger partial charge in [0.1, 0.15) is 0 Å². The Kier molecular flexibility index (Phi) is 5.09. The Morgan fingerprint density at radius 2 is 1.95 bits per heavy atom. The van der Waals surface area contributed by atoms with Crippen LogP contribution in [0.3, 0.4) is 0 Å². The second-order valence-corrected chi connectivity index (χ2v) is 4.69. The van der Waals surface area contributed by atoms with Crippen molar-refractivity contribution in [3.63, 3.8) is 0 Å². The molecule has 21 heavy (non-hydrogen) atoms. The molecule has 0 spiro atoms. The lowest BCUT2D eigenvalue weighted by molar-refractivity contribution is -0.119. The molecule has 0 atom stereocenters. The van der Waals surface area contributed by atoms with Crippen LogP contribution in [-0.4, -0.2) is 28.3 Å². The molecule has 0 bridgehead atoms. The molecule has 0 fully saturated rings. The highest BCUT2D eigenvalue weighted by atomic mass is 16.2. The second-order valence-electron chi connectivity index (χ2n) is 4.69. The predicted octanol–water partition coefficient (Wildman–Crippen LogP) is 1.02. The van der Waals surface area contributed by atoms with Crippen LogP contribution in [0.15, 0.2) is 36.8 Å². The van der Waals surface area contributed by atoms with Crippen LogP contribution >= 0.6 is 0 Å². The fourth-order valence-corrected chi connectivity index (χ4v) is 1.83. The Labute approximate surface area is 123 Å². The zero-order chi connectivity index (χ0) is 15.1. The molecule has 0 saturated carbocycles. The number of H-pyrrole nitrogens is 1. The molecule has 2 rings (SSSR count). The third kappa shape index (κ3) is 4.76. The molecular weight excluding hydrogens is 268 g/mol. The van der Waals surface area contributed by atoms with Crippen LogP contribution in [0.25, 0.3) is 0 Å². The Bertz CT molecular complexity index is 591.